The van der Waals surface area contributed by atoms with Crippen LogP contribution >= 0.6 is 0 Å². The van der Waals surface area contributed by atoms with E-state index in [9.17, 15) is 9.59 Å². The third kappa shape index (κ3) is 3.16. The quantitative estimate of drug-likeness (QED) is 0.543. The average Bonchev–Trinajstić information content (AvgIpc) is 3.05. The van der Waals surface area contributed by atoms with Gasteiger partial charge in [0.1, 0.15) is 0 Å². The maximum atomic E-state index is 14.2. The largest absolute Gasteiger partial charge is 0.350 e. The molecule has 7 aliphatic carbocycles. The highest BCUT2D eigenvalue weighted by Crippen LogP contribution is 2.67. The average molecular weight is 481 g/mol. The van der Waals surface area contributed by atoms with Crippen molar-refractivity contribution in [3.8, 4) is 0 Å². The SMILES string of the molecule is CC1C[C@H]2[C@@H]3CCC4N(C)C(=O)CC[C@]4(C)[C@@H]3CC[C@]2(C)C1C(=O)NC12CC3CC(CC(C3)C1)C2. The van der Waals surface area contributed by atoms with Gasteiger partial charge in [0.05, 0.1) is 0 Å². The lowest BCUT2D eigenvalue weighted by molar-refractivity contribution is -0.160. The summed E-state index contributed by atoms with van der Waals surface area (Å²) < 4.78 is 0. The van der Waals surface area contributed by atoms with Crippen LogP contribution in [0.15, 0.2) is 0 Å². The summed E-state index contributed by atoms with van der Waals surface area (Å²) in [7, 11) is 2.06. The predicted molar refractivity (Wildman–Crippen MR) is 137 cm³/mol. The lowest BCUT2D eigenvalue weighted by Gasteiger charge is -2.62. The zero-order chi connectivity index (χ0) is 24.3. The minimum Gasteiger partial charge on any atom is -0.350 e. The number of nitrogens with one attached hydrogen (secondary N) is 1. The lowest BCUT2D eigenvalue weighted by Crippen LogP contribution is -2.63. The van der Waals surface area contributed by atoms with Gasteiger partial charge in [-0.05, 0) is 129 Å². The highest BCUT2D eigenvalue weighted by molar-refractivity contribution is 5.81. The number of carbonyl (C=O) groups excluding carboxylic acids is 2. The van der Waals surface area contributed by atoms with Crippen LogP contribution in [-0.4, -0.2) is 35.3 Å². The highest BCUT2D eigenvalue weighted by Gasteiger charge is 2.64. The number of nitrogens with zero attached hydrogens (tertiary/aromatic N) is 1. The van der Waals surface area contributed by atoms with Gasteiger partial charge in [-0.2, -0.15) is 0 Å². The summed E-state index contributed by atoms with van der Waals surface area (Å²) in [5.41, 5.74) is 0.532. The van der Waals surface area contributed by atoms with Gasteiger partial charge in [-0.25, -0.2) is 0 Å². The number of hydrogen-bond donors (Lipinski definition) is 1. The van der Waals surface area contributed by atoms with E-state index in [4.69, 9.17) is 0 Å². The Morgan fingerprint density at radius 2 is 1.54 bits per heavy atom. The van der Waals surface area contributed by atoms with Crippen LogP contribution in [-0.2, 0) is 9.59 Å². The number of rotatable bonds is 2. The second-order valence-electron chi connectivity index (χ2n) is 15.4. The van der Waals surface area contributed by atoms with Crippen molar-refractivity contribution in [2.75, 3.05) is 7.05 Å². The molecule has 3 unspecified atom stereocenters. The van der Waals surface area contributed by atoms with Gasteiger partial charge < -0.3 is 10.2 Å². The van der Waals surface area contributed by atoms with Crippen LogP contribution in [0.5, 0.6) is 0 Å². The Bertz CT molecular complexity index is 894. The van der Waals surface area contributed by atoms with Gasteiger partial charge in [0, 0.05) is 31.0 Å². The van der Waals surface area contributed by atoms with Crippen LogP contribution < -0.4 is 5.32 Å². The number of hydrogen-bond acceptors (Lipinski definition) is 2. The Balaban J connectivity index is 1.13. The van der Waals surface area contributed by atoms with Crippen molar-refractivity contribution in [2.45, 2.75) is 116 Å². The molecule has 8 atom stereocenters. The lowest BCUT2D eigenvalue weighted by atomic mass is 9.46. The predicted octanol–water partition coefficient (Wildman–Crippen LogP) is 5.80. The molecule has 2 amide bonds. The summed E-state index contributed by atoms with van der Waals surface area (Å²) >= 11 is 0. The first-order chi connectivity index (χ1) is 16.6. The van der Waals surface area contributed by atoms with E-state index in [1.165, 1.54) is 64.2 Å². The van der Waals surface area contributed by atoms with Crippen LogP contribution in [0.4, 0.5) is 0 Å². The topological polar surface area (TPSA) is 49.4 Å². The number of amides is 2. The second kappa shape index (κ2) is 7.50. The van der Waals surface area contributed by atoms with Gasteiger partial charge in [-0.1, -0.05) is 20.8 Å². The molecule has 4 bridgehead atoms. The molecule has 0 aromatic rings. The van der Waals surface area contributed by atoms with E-state index in [1.54, 1.807) is 0 Å². The zero-order valence-electron chi connectivity index (χ0n) is 22.7. The summed E-state index contributed by atoms with van der Waals surface area (Å²) in [5, 5.41) is 3.81. The number of carbonyl (C=O) groups is 2. The molecule has 7 saturated carbocycles. The maximum absolute atomic E-state index is 14.2. The molecule has 0 aromatic carbocycles. The first-order valence-corrected chi connectivity index (χ1v) is 15.2. The Labute approximate surface area is 212 Å². The van der Waals surface area contributed by atoms with Gasteiger partial charge >= 0.3 is 0 Å². The molecule has 0 radical (unpaired) electrons. The van der Waals surface area contributed by atoms with Crippen LogP contribution in [0.2, 0.25) is 0 Å². The van der Waals surface area contributed by atoms with Crippen molar-refractivity contribution in [2.24, 2.45) is 58.2 Å². The molecule has 8 aliphatic rings. The number of piperidine rings is 1. The Morgan fingerprint density at radius 3 is 2.20 bits per heavy atom. The third-order valence-electron chi connectivity index (χ3n) is 13.6. The highest BCUT2D eigenvalue weighted by atomic mass is 16.2. The van der Waals surface area contributed by atoms with E-state index >= 15 is 0 Å². The molecule has 1 saturated heterocycles. The summed E-state index contributed by atoms with van der Waals surface area (Å²) in [5.74, 6) is 6.18. The normalized spacial score (nSPS) is 56.4. The minimum absolute atomic E-state index is 0.127. The molecule has 0 spiro atoms. The van der Waals surface area contributed by atoms with Crippen molar-refractivity contribution in [3.63, 3.8) is 0 Å². The fourth-order valence-corrected chi connectivity index (χ4v) is 12.7. The molecule has 1 aliphatic heterocycles. The molecule has 0 aromatic heterocycles. The van der Waals surface area contributed by atoms with Gasteiger partial charge in [0.25, 0.3) is 0 Å². The molecular weight excluding hydrogens is 432 g/mol. The van der Waals surface area contributed by atoms with Crippen molar-refractivity contribution in [1.82, 2.24) is 10.2 Å². The smallest absolute Gasteiger partial charge is 0.224 e. The van der Waals surface area contributed by atoms with Crippen molar-refractivity contribution >= 4 is 11.8 Å². The van der Waals surface area contributed by atoms with E-state index < -0.39 is 0 Å². The summed E-state index contributed by atoms with van der Waals surface area (Å²) in [4.78, 5) is 28.8. The molecule has 1 N–H and O–H groups in total. The fraction of sp³-hybridized carbons (Fsp3) is 0.935. The Kier molecular flexibility index (Phi) is 4.95. The van der Waals surface area contributed by atoms with Crippen molar-refractivity contribution in [1.29, 1.82) is 0 Å². The minimum atomic E-state index is 0.127. The summed E-state index contributed by atoms with van der Waals surface area (Å²) in [6.45, 7) is 7.41. The van der Waals surface area contributed by atoms with Crippen LogP contribution in [0.3, 0.4) is 0 Å². The van der Waals surface area contributed by atoms with E-state index in [0.717, 1.165) is 42.9 Å². The Morgan fingerprint density at radius 1 is 0.886 bits per heavy atom. The Hall–Kier alpha value is -1.06. The van der Waals surface area contributed by atoms with E-state index in [0.29, 0.717) is 35.6 Å². The molecule has 4 nitrogen and oxygen atoms in total. The number of fused-ring (bicyclic) bond motifs is 5. The van der Waals surface area contributed by atoms with Crippen LogP contribution in [0.25, 0.3) is 0 Å². The van der Waals surface area contributed by atoms with Crippen molar-refractivity contribution in [3.05, 3.63) is 0 Å². The first-order valence-electron chi connectivity index (χ1n) is 15.2. The molecule has 8 fully saturated rings. The zero-order valence-corrected chi connectivity index (χ0v) is 22.7. The van der Waals surface area contributed by atoms with Crippen LogP contribution in [0, 0.1) is 58.2 Å². The second-order valence-corrected chi connectivity index (χ2v) is 15.4. The van der Waals surface area contributed by atoms with E-state index in [2.05, 4.69) is 38.0 Å². The molecule has 8 rings (SSSR count). The van der Waals surface area contributed by atoms with Gasteiger partial charge in [0.2, 0.25) is 11.8 Å². The molecule has 4 heteroatoms. The van der Waals surface area contributed by atoms with Gasteiger partial charge in [-0.15, -0.1) is 0 Å². The molecule has 194 valence electrons. The molecule has 35 heavy (non-hydrogen) atoms. The summed E-state index contributed by atoms with van der Waals surface area (Å²) in [6.07, 6.45) is 15.9. The van der Waals surface area contributed by atoms with E-state index in [-0.39, 0.29) is 22.3 Å². The maximum Gasteiger partial charge on any atom is 0.224 e. The first kappa shape index (κ1) is 23.1. The molecular formula is C31H48N2O2. The fourth-order valence-electron chi connectivity index (χ4n) is 12.7. The third-order valence-corrected chi connectivity index (χ3v) is 13.6. The van der Waals surface area contributed by atoms with Gasteiger partial charge in [0.15, 0.2) is 0 Å². The number of likely N-dealkylation sites (tertiary alicyclic amines) is 1. The van der Waals surface area contributed by atoms with Crippen LogP contribution in [0.1, 0.15) is 104 Å². The summed E-state index contributed by atoms with van der Waals surface area (Å²) in [6, 6.07) is 0.420. The molecule has 1 heterocycles. The monoisotopic (exact) mass is 480 g/mol. The van der Waals surface area contributed by atoms with E-state index in [1.807, 2.05) is 0 Å². The standard InChI is InChI=1S/C31H48N2O2/c1-18-11-24-22-5-6-25-29(2,10-8-26(34)33(25)4)23(22)7-9-30(24,3)27(18)28(35)32-31-15-19-12-20(16-31)14-21(13-19)17-31/h18-25,27H,5-17H2,1-4H3,(H,32,35)/t18?,19?,20?,21?,22-,23-,24+,25?,27?,29-,30+,31?/m1/s1. The van der Waals surface area contributed by atoms with Gasteiger partial charge in [-0.3, -0.25) is 9.59 Å². The van der Waals surface area contributed by atoms with Crippen molar-refractivity contribution < 1.29 is 9.59 Å².